The van der Waals surface area contributed by atoms with Crippen LogP contribution in [0.5, 0.6) is 0 Å². The van der Waals surface area contributed by atoms with Crippen LogP contribution in [-0.2, 0) is 4.74 Å². The molecule has 0 aromatic carbocycles. The molecule has 2 rings (SSSR count). The second kappa shape index (κ2) is 3.00. The molecule has 2 heteroatoms. The summed E-state index contributed by atoms with van der Waals surface area (Å²) >= 11 is 0. The third-order valence-corrected chi connectivity index (χ3v) is 3.18. The minimum atomic E-state index is 0.238. The quantitative estimate of drug-likeness (QED) is 0.682. The zero-order chi connectivity index (χ0) is 8.60. The van der Waals surface area contributed by atoms with Crippen molar-refractivity contribution in [2.45, 2.75) is 50.7 Å². The molecule has 2 atom stereocenters. The second-order valence-electron chi connectivity index (χ2n) is 4.64. The lowest BCUT2D eigenvalue weighted by atomic mass is 9.89. The van der Waals surface area contributed by atoms with E-state index in [1.54, 1.807) is 0 Å². The zero-order valence-corrected chi connectivity index (χ0v) is 7.88. The predicted molar refractivity (Wildman–Crippen MR) is 48.9 cm³/mol. The van der Waals surface area contributed by atoms with Gasteiger partial charge in [0.25, 0.3) is 0 Å². The fraction of sp³-hybridized carbons (Fsp3) is 1.00. The Labute approximate surface area is 74.5 Å². The van der Waals surface area contributed by atoms with E-state index in [4.69, 9.17) is 10.5 Å². The molecular weight excluding hydrogens is 150 g/mol. The normalized spacial score (nSPS) is 39.5. The Bertz CT molecular complexity index is 165. The number of nitrogens with two attached hydrogens (primary N) is 1. The van der Waals surface area contributed by atoms with Crippen molar-refractivity contribution < 1.29 is 4.74 Å². The largest absolute Gasteiger partial charge is 0.378 e. The highest BCUT2D eigenvalue weighted by Gasteiger charge is 2.40. The Hall–Kier alpha value is -0.0800. The van der Waals surface area contributed by atoms with Crippen LogP contribution < -0.4 is 5.73 Å². The first-order chi connectivity index (χ1) is 5.68. The van der Waals surface area contributed by atoms with Gasteiger partial charge in [-0.05, 0) is 44.9 Å². The van der Waals surface area contributed by atoms with Crippen LogP contribution in [-0.4, -0.2) is 18.2 Å². The van der Waals surface area contributed by atoms with Gasteiger partial charge < -0.3 is 10.5 Å². The van der Waals surface area contributed by atoms with Crippen molar-refractivity contribution >= 4 is 0 Å². The van der Waals surface area contributed by atoms with Gasteiger partial charge in [-0.2, -0.15) is 0 Å². The second-order valence-corrected chi connectivity index (χ2v) is 4.64. The van der Waals surface area contributed by atoms with Crippen molar-refractivity contribution in [1.82, 2.24) is 0 Å². The summed E-state index contributed by atoms with van der Waals surface area (Å²) in [7, 11) is 0. The van der Waals surface area contributed by atoms with E-state index in [1.165, 1.54) is 32.1 Å². The molecule has 1 aliphatic heterocycles. The van der Waals surface area contributed by atoms with Gasteiger partial charge in [0.2, 0.25) is 0 Å². The third kappa shape index (κ3) is 1.99. The van der Waals surface area contributed by atoms with E-state index in [0.717, 1.165) is 12.5 Å². The van der Waals surface area contributed by atoms with Gasteiger partial charge in [0, 0.05) is 12.1 Å². The SMILES string of the molecule is CC1CC(CC2(N)CC2)CCO1. The Balaban J connectivity index is 1.79. The smallest absolute Gasteiger partial charge is 0.0549 e. The molecule has 0 aromatic heterocycles. The van der Waals surface area contributed by atoms with Crippen molar-refractivity contribution in [3.8, 4) is 0 Å². The average Bonchev–Trinajstić information content (AvgIpc) is 2.67. The summed E-state index contributed by atoms with van der Waals surface area (Å²) in [6.45, 7) is 3.12. The molecule has 12 heavy (non-hydrogen) atoms. The molecule has 0 spiro atoms. The molecule has 1 saturated carbocycles. The van der Waals surface area contributed by atoms with Crippen LogP contribution in [0.4, 0.5) is 0 Å². The van der Waals surface area contributed by atoms with Gasteiger partial charge in [-0.25, -0.2) is 0 Å². The molecule has 2 nitrogen and oxygen atoms in total. The van der Waals surface area contributed by atoms with E-state index in [-0.39, 0.29) is 5.54 Å². The molecule has 0 radical (unpaired) electrons. The summed E-state index contributed by atoms with van der Waals surface area (Å²) in [5.74, 6) is 0.834. The van der Waals surface area contributed by atoms with Gasteiger partial charge in [-0.15, -0.1) is 0 Å². The maximum Gasteiger partial charge on any atom is 0.0549 e. The van der Waals surface area contributed by atoms with Crippen LogP contribution in [0.15, 0.2) is 0 Å². The molecule has 0 bridgehead atoms. The molecule has 70 valence electrons. The summed E-state index contributed by atoms with van der Waals surface area (Å²) in [5.41, 5.74) is 6.32. The standard InChI is InChI=1S/C10H19NO/c1-8-6-9(2-5-12-8)7-10(11)3-4-10/h8-9H,2-7,11H2,1H3. The van der Waals surface area contributed by atoms with Gasteiger partial charge in [-0.3, -0.25) is 0 Å². The van der Waals surface area contributed by atoms with Crippen LogP contribution in [0.25, 0.3) is 0 Å². The van der Waals surface area contributed by atoms with Crippen LogP contribution in [0.2, 0.25) is 0 Å². The first-order valence-electron chi connectivity index (χ1n) is 5.08. The highest BCUT2D eigenvalue weighted by molar-refractivity contribution is 5.00. The first kappa shape index (κ1) is 8.52. The predicted octanol–water partition coefficient (Wildman–Crippen LogP) is 1.68. The first-order valence-corrected chi connectivity index (χ1v) is 5.08. The Morgan fingerprint density at radius 1 is 1.50 bits per heavy atom. The zero-order valence-electron chi connectivity index (χ0n) is 7.88. The molecule has 2 N–H and O–H groups in total. The van der Waals surface area contributed by atoms with Crippen molar-refractivity contribution in [3.05, 3.63) is 0 Å². The Kier molecular flexibility index (Phi) is 2.13. The van der Waals surface area contributed by atoms with Gasteiger partial charge >= 0.3 is 0 Å². The van der Waals surface area contributed by atoms with E-state index >= 15 is 0 Å². The summed E-state index contributed by atoms with van der Waals surface area (Å²) < 4.78 is 5.50. The highest BCUT2D eigenvalue weighted by atomic mass is 16.5. The summed E-state index contributed by atoms with van der Waals surface area (Å²) in [4.78, 5) is 0. The highest BCUT2D eigenvalue weighted by Crippen LogP contribution is 2.41. The third-order valence-electron chi connectivity index (χ3n) is 3.18. The molecule has 1 aliphatic carbocycles. The lowest BCUT2D eigenvalue weighted by molar-refractivity contribution is -0.00108. The Morgan fingerprint density at radius 3 is 2.83 bits per heavy atom. The maximum absolute atomic E-state index is 6.08. The number of hydrogen-bond acceptors (Lipinski definition) is 2. The summed E-state index contributed by atoms with van der Waals surface area (Å²) in [6, 6.07) is 0. The van der Waals surface area contributed by atoms with Gasteiger partial charge in [0.05, 0.1) is 6.10 Å². The minimum absolute atomic E-state index is 0.238. The van der Waals surface area contributed by atoms with Crippen molar-refractivity contribution in [3.63, 3.8) is 0 Å². The molecule has 1 saturated heterocycles. The average molecular weight is 169 g/mol. The lowest BCUT2D eigenvalue weighted by Crippen LogP contribution is -2.30. The number of ether oxygens (including phenoxy) is 1. The Morgan fingerprint density at radius 2 is 2.25 bits per heavy atom. The molecule has 2 aliphatic rings. The lowest BCUT2D eigenvalue weighted by Gasteiger charge is -2.29. The van der Waals surface area contributed by atoms with Crippen LogP contribution >= 0.6 is 0 Å². The van der Waals surface area contributed by atoms with E-state index in [1.807, 2.05) is 0 Å². The van der Waals surface area contributed by atoms with Crippen molar-refractivity contribution in [2.75, 3.05) is 6.61 Å². The molecule has 0 aromatic rings. The van der Waals surface area contributed by atoms with E-state index in [9.17, 15) is 0 Å². The molecule has 1 heterocycles. The van der Waals surface area contributed by atoms with Crippen LogP contribution in [0, 0.1) is 5.92 Å². The summed E-state index contributed by atoms with van der Waals surface area (Å²) in [5, 5.41) is 0. The van der Waals surface area contributed by atoms with Gasteiger partial charge in [-0.1, -0.05) is 0 Å². The number of rotatable bonds is 2. The molecule has 2 unspecified atom stereocenters. The molecule has 2 fully saturated rings. The maximum atomic E-state index is 6.08. The number of hydrogen-bond donors (Lipinski definition) is 1. The fourth-order valence-corrected chi connectivity index (χ4v) is 2.22. The van der Waals surface area contributed by atoms with E-state index < -0.39 is 0 Å². The minimum Gasteiger partial charge on any atom is -0.378 e. The van der Waals surface area contributed by atoms with Crippen molar-refractivity contribution in [1.29, 1.82) is 0 Å². The molecule has 0 amide bonds. The molecular formula is C10H19NO. The van der Waals surface area contributed by atoms with E-state index in [2.05, 4.69) is 6.92 Å². The van der Waals surface area contributed by atoms with E-state index in [0.29, 0.717) is 6.10 Å². The summed E-state index contributed by atoms with van der Waals surface area (Å²) in [6.07, 6.45) is 6.64. The van der Waals surface area contributed by atoms with Gasteiger partial charge in [0.1, 0.15) is 0 Å². The van der Waals surface area contributed by atoms with Crippen LogP contribution in [0.1, 0.15) is 39.0 Å². The topological polar surface area (TPSA) is 35.2 Å². The van der Waals surface area contributed by atoms with Crippen molar-refractivity contribution in [2.24, 2.45) is 11.7 Å². The van der Waals surface area contributed by atoms with Gasteiger partial charge in [0.15, 0.2) is 0 Å². The van der Waals surface area contributed by atoms with Crippen LogP contribution in [0.3, 0.4) is 0 Å². The monoisotopic (exact) mass is 169 g/mol. The fourth-order valence-electron chi connectivity index (χ4n) is 2.22.